The first-order chi connectivity index (χ1) is 26.4. The van der Waals surface area contributed by atoms with Crippen LogP contribution in [0.1, 0.15) is 76.1 Å². The highest BCUT2D eigenvalue weighted by Gasteiger charge is 2.30. The summed E-state index contributed by atoms with van der Waals surface area (Å²) in [6.45, 7) is 12.0. The highest BCUT2D eigenvalue weighted by Crippen LogP contribution is 2.38. The summed E-state index contributed by atoms with van der Waals surface area (Å²) >= 11 is 6.50. The van der Waals surface area contributed by atoms with Gasteiger partial charge in [-0.25, -0.2) is 9.79 Å². The molecule has 2 fully saturated rings. The molecular formula is C41H54ClN9O4. The van der Waals surface area contributed by atoms with E-state index in [0.717, 1.165) is 76.3 Å². The number of allylic oxidation sites excluding steroid dienone is 1. The molecule has 1 aromatic heterocycles. The Hall–Kier alpha value is -4.85. The van der Waals surface area contributed by atoms with Gasteiger partial charge >= 0.3 is 6.03 Å². The smallest absolute Gasteiger partial charge is 0.320 e. The van der Waals surface area contributed by atoms with Crippen molar-refractivity contribution >= 4 is 35.1 Å². The zero-order chi connectivity index (χ0) is 39.0. The van der Waals surface area contributed by atoms with Gasteiger partial charge in [0.25, 0.3) is 0 Å². The summed E-state index contributed by atoms with van der Waals surface area (Å²) in [7, 11) is 0. The van der Waals surface area contributed by atoms with Crippen molar-refractivity contribution in [1.82, 2.24) is 25.0 Å². The van der Waals surface area contributed by atoms with Crippen LogP contribution in [0.5, 0.6) is 11.5 Å². The van der Waals surface area contributed by atoms with Crippen LogP contribution in [0.3, 0.4) is 0 Å². The molecule has 0 radical (unpaired) electrons. The number of nitrogens with zero attached hydrogens (tertiary/aromatic N) is 4. The number of nitrogens with one attached hydrogen (secondary N) is 4. The standard InChI is InChI=1S/C41H54ClN9O4/c1-41(2,3)36(43)26-38(46-28-11-13-32(42)35(25-28)54-24-21-49-19-22-53-23-20-49)48-40(52)47-33-14-15-34(31-10-6-5-9-30(31)33)55-29-12-16-37(44)51(27-29)39(45)50-17-7-4-8-18-50/h5-6,9-13,16,25-27,33-34,44-45H,4,7-8,14-15,17-24,43H2,1-3H3,(H2,46,47,48,52)/t33?,34-/m1/s1. The number of hydrogen-bond acceptors (Lipinski definition) is 9. The summed E-state index contributed by atoms with van der Waals surface area (Å²) in [6.07, 6.45) is 7.68. The molecule has 3 aliphatic rings. The number of pyridine rings is 1. The van der Waals surface area contributed by atoms with Gasteiger partial charge in [-0.15, -0.1) is 0 Å². The van der Waals surface area contributed by atoms with Crippen LogP contribution in [-0.4, -0.2) is 84.7 Å². The molecule has 3 aromatic rings. The third-order valence-electron chi connectivity index (χ3n) is 10.2. The van der Waals surface area contributed by atoms with Crippen molar-refractivity contribution in [3.63, 3.8) is 0 Å². The molecule has 14 heteroatoms. The average Bonchev–Trinajstić information content (AvgIpc) is 3.17. The van der Waals surface area contributed by atoms with E-state index >= 15 is 0 Å². The van der Waals surface area contributed by atoms with Crippen LogP contribution in [-0.2, 0) is 4.74 Å². The maximum absolute atomic E-state index is 13.7. The fourth-order valence-electron chi connectivity index (χ4n) is 6.86. The lowest BCUT2D eigenvalue weighted by atomic mass is 9.85. The largest absolute Gasteiger partial charge is 0.491 e. The number of ether oxygens (including phenoxy) is 3. The molecule has 2 atom stereocenters. The number of rotatable bonds is 9. The molecule has 1 aliphatic carbocycles. The Morgan fingerprint density at radius 1 is 1.04 bits per heavy atom. The Kier molecular flexibility index (Phi) is 13.2. The van der Waals surface area contributed by atoms with E-state index < -0.39 is 6.03 Å². The number of carbonyl (C=O) groups excluding carboxylic acids is 1. The molecule has 0 bridgehead atoms. The minimum atomic E-state index is -0.421. The summed E-state index contributed by atoms with van der Waals surface area (Å²) in [4.78, 5) is 22.8. The van der Waals surface area contributed by atoms with Crippen LogP contribution in [0.4, 0.5) is 10.5 Å². The van der Waals surface area contributed by atoms with E-state index in [2.05, 4.69) is 15.5 Å². The first-order valence-electron chi connectivity index (χ1n) is 19.2. The fourth-order valence-corrected chi connectivity index (χ4v) is 7.03. The first-order valence-corrected chi connectivity index (χ1v) is 19.6. The number of benzene rings is 2. The monoisotopic (exact) mass is 771 g/mol. The number of urea groups is 1. The molecular weight excluding hydrogens is 718 g/mol. The number of morpholine rings is 1. The Balaban J connectivity index is 1.15. The molecule has 0 spiro atoms. The molecule has 2 aromatic carbocycles. The van der Waals surface area contributed by atoms with Crippen molar-refractivity contribution in [1.29, 1.82) is 10.8 Å². The number of likely N-dealkylation sites (tertiary alicyclic amines) is 1. The van der Waals surface area contributed by atoms with Crippen molar-refractivity contribution < 1.29 is 19.0 Å². The van der Waals surface area contributed by atoms with Gasteiger partial charge in [-0.05, 0) is 67.5 Å². The number of nitrogens with two attached hydrogens (primary N) is 1. The van der Waals surface area contributed by atoms with Gasteiger partial charge in [0.1, 0.15) is 35.5 Å². The predicted molar refractivity (Wildman–Crippen MR) is 215 cm³/mol. The summed E-state index contributed by atoms with van der Waals surface area (Å²) in [5.41, 5.74) is 9.38. The number of halogens is 1. The van der Waals surface area contributed by atoms with Gasteiger partial charge in [0.05, 0.1) is 36.2 Å². The Morgan fingerprint density at radius 3 is 2.53 bits per heavy atom. The lowest BCUT2D eigenvalue weighted by Crippen LogP contribution is -2.43. The summed E-state index contributed by atoms with van der Waals surface area (Å²) in [5, 5.41) is 23.8. The van der Waals surface area contributed by atoms with Gasteiger partial charge in [0.2, 0.25) is 5.96 Å². The second-order valence-electron chi connectivity index (χ2n) is 15.2. The van der Waals surface area contributed by atoms with E-state index in [9.17, 15) is 4.79 Å². The molecule has 55 heavy (non-hydrogen) atoms. The highest BCUT2D eigenvalue weighted by molar-refractivity contribution is 6.32. The molecule has 2 saturated heterocycles. The third kappa shape index (κ3) is 10.7. The second-order valence-corrected chi connectivity index (χ2v) is 15.6. The number of carbonyl (C=O) groups is 1. The normalized spacial score (nSPS) is 19.7. The summed E-state index contributed by atoms with van der Waals surface area (Å²) in [5.74, 6) is 1.66. The molecule has 294 valence electrons. The third-order valence-corrected chi connectivity index (χ3v) is 10.5. The molecule has 3 heterocycles. The fraction of sp³-hybridized carbons (Fsp3) is 0.463. The van der Waals surface area contributed by atoms with Crippen LogP contribution >= 0.6 is 11.6 Å². The second kappa shape index (κ2) is 18.2. The minimum Gasteiger partial charge on any atom is -0.491 e. The highest BCUT2D eigenvalue weighted by atomic mass is 35.5. The number of amides is 2. The van der Waals surface area contributed by atoms with Crippen molar-refractivity contribution in [3.8, 4) is 11.5 Å². The Labute approximate surface area is 328 Å². The topological polar surface area (TPSA) is 166 Å². The molecule has 6 N–H and O–H groups in total. The van der Waals surface area contributed by atoms with Gasteiger partial charge in [0, 0.05) is 56.0 Å². The first kappa shape index (κ1) is 39.8. The van der Waals surface area contributed by atoms with Crippen molar-refractivity contribution in [3.05, 3.63) is 94.2 Å². The minimum absolute atomic E-state index is 0.230. The van der Waals surface area contributed by atoms with E-state index in [-0.39, 0.29) is 28.9 Å². The quantitative estimate of drug-likeness (QED) is 0.123. The molecule has 6 rings (SSSR count). The zero-order valence-corrected chi connectivity index (χ0v) is 32.8. The zero-order valence-electron chi connectivity index (χ0n) is 32.1. The van der Waals surface area contributed by atoms with Crippen LogP contribution in [0.2, 0.25) is 5.02 Å². The van der Waals surface area contributed by atoms with Crippen molar-refractivity contribution in [2.24, 2.45) is 16.1 Å². The van der Waals surface area contributed by atoms with Crippen LogP contribution in [0.15, 0.2) is 77.6 Å². The van der Waals surface area contributed by atoms with Crippen LogP contribution < -0.4 is 31.3 Å². The number of amidine groups is 1. The average molecular weight is 772 g/mol. The number of piperidine rings is 1. The Bertz CT molecular complexity index is 1940. The van der Waals surface area contributed by atoms with Crippen LogP contribution in [0, 0.1) is 16.2 Å². The van der Waals surface area contributed by atoms with Gasteiger partial charge in [-0.1, -0.05) is 56.6 Å². The SMILES string of the molecule is CC(C)(C)C(N)=CC(=Nc1ccc(Cl)c(OCCN2CCOCC2)c1)NC(=O)NC1CC[C@@H](Oc2ccc(=N)n(C(=N)N3CCCCC3)c2)c2ccccc21. The summed E-state index contributed by atoms with van der Waals surface area (Å²) in [6, 6.07) is 16.0. The lowest BCUT2D eigenvalue weighted by Gasteiger charge is -2.33. The summed E-state index contributed by atoms with van der Waals surface area (Å²) < 4.78 is 19.6. The molecule has 2 aliphatic heterocycles. The maximum Gasteiger partial charge on any atom is 0.320 e. The van der Waals surface area contributed by atoms with E-state index in [4.69, 9.17) is 47.4 Å². The van der Waals surface area contributed by atoms with Crippen molar-refractivity contribution in [2.45, 2.75) is 65.0 Å². The van der Waals surface area contributed by atoms with E-state index in [1.165, 1.54) is 0 Å². The lowest BCUT2D eigenvalue weighted by molar-refractivity contribution is 0.0322. The molecule has 2 amide bonds. The number of aromatic nitrogens is 1. The van der Waals surface area contributed by atoms with E-state index in [1.54, 1.807) is 47.2 Å². The van der Waals surface area contributed by atoms with Gasteiger partial charge in [-0.2, -0.15) is 0 Å². The van der Waals surface area contributed by atoms with E-state index in [0.29, 0.717) is 53.3 Å². The van der Waals surface area contributed by atoms with Crippen LogP contribution in [0.25, 0.3) is 0 Å². The number of aliphatic imine (C=N–C) groups is 1. The number of fused-ring (bicyclic) bond motifs is 1. The van der Waals surface area contributed by atoms with Gasteiger partial charge in [-0.3, -0.25) is 25.6 Å². The van der Waals surface area contributed by atoms with Gasteiger partial charge < -0.3 is 30.2 Å². The molecule has 0 saturated carbocycles. The predicted octanol–water partition coefficient (Wildman–Crippen LogP) is 6.47. The molecule has 1 unspecified atom stereocenters. The molecule has 13 nitrogen and oxygen atoms in total. The van der Waals surface area contributed by atoms with Crippen molar-refractivity contribution in [2.75, 3.05) is 52.5 Å². The Morgan fingerprint density at radius 2 is 1.78 bits per heavy atom. The maximum atomic E-state index is 13.7. The number of hydrogen-bond donors (Lipinski definition) is 5. The van der Waals surface area contributed by atoms with E-state index in [1.807, 2.05) is 49.9 Å². The van der Waals surface area contributed by atoms with Gasteiger partial charge in [0.15, 0.2) is 0 Å².